The summed E-state index contributed by atoms with van der Waals surface area (Å²) in [5.74, 6) is 1.62. The van der Waals surface area contributed by atoms with E-state index in [1.54, 1.807) is 7.05 Å². The fourth-order valence-corrected chi connectivity index (χ4v) is 1.46. The van der Waals surface area contributed by atoms with Gasteiger partial charge in [0, 0.05) is 18.6 Å². The van der Waals surface area contributed by atoms with E-state index in [0.29, 0.717) is 18.2 Å². The molecule has 0 radical (unpaired) electrons. The Hall–Kier alpha value is -0.690. The van der Waals surface area contributed by atoms with Crippen molar-refractivity contribution in [3.8, 4) is 5.75 Å². The SMILES string of the molecule is CCCNC(=NC)NCCOc1ccc(Cl)cc1.I. The predicted molar refractivity (Wildman–Crippen MR) is 92.0 cm³/mol. The third-order valence-corrected chi connectivity index (χ3v) is 2.49. The van der Waals surface area contributed by atoms with Gasteiger partial charge in [0.1, 0.15) is 12.4 Å². The highest BCUT2D eigenvalue weighted by Crippen LogP contribution is 2.14. The molecule has 1 aromatic rings. The van der Waals surface area contributed by atoms with Crippen molar-refractivity contribution in [2.75, 3.05) is 26.7 Å². The molecule has 4 nitrogen and oxygen atoms in total. The van der Waals surface area contributed by atoms with Crippen LogP contribution in [0, 0.1) is 0 Å². The Labute approximate surface area is 137 Å². The zero-order valence-corrected chi connectivity index (χ0v) is 14.4. The van der Waals surface area contributed by atoms with Crippen LogP contribution in [-0.2, 0) is 0 Å². The minimum atomic E-state index is 0. The number of guanidine groups is 1. The van der Waals surface area contributed by atoms with Gasteiger partial charge < -0.3 is 15.4 Å². The van der Waals surface area contributed by atoms with Gasteiger partial charge in [-0.25, -0.2) is 0 Å². The van der Waals surface area contributed by atoms with Crippen molar-refractivity contribution in [3.05, 3.63) is 29.3 Å². The number of aliphatic imine (C=N–C) groups is 1. The maximum absolute atomic E-state index is 5.79. The molecule has 0 aliphatic carbocycles. The number of ether oxygens (including phenoxy) is 1. The lowest BCUT2D eigenvalue weighted by molar-refractivity contribution is 0.322. The first kappa shape index (κ1) is 18.3. The zero-order valence-electron chi connectivity index (χ0n) is 11.3. The summed E-state index contributed by atoms with van der Waals surface area (Å²) < 4.78 is 5.56. The quantitative estimate of drug-likeness (QED) is 0.336. The summed E-state index contributed by atoms with van der Waals surface area (Å²) in [6.45, 7) is 4.31. The highest BCUT2D eigenvalue weighted by Gasteiger charge is 1.96. The van der Waals surface area contributed by atoms with Crippen LogP contribution in [0.2, 0.25) is 5.02 Å². The van der Waals surface area contributed by atoms with Crippen molar-refractivity contribution < 1.29 is 4.74 Å². The molecule has 0 amide bonds. The lowest BCUT2D eigenvalue weighted by atomic mass is 10.3. The van der Waals surface area contributed by atoms with E-state index in [1.807, 2.05) is 24.3 Å². The molecule has 19 heavy (non-hydrogen) atoms. The van der Waals surface area contributed by atoms with Gasteiger partial charge in [0.2, 0.25) is 0 Å². The first-order valence-corrected chi connectivity index (χ1v) is 6.47. The van der Waals surface area contributed by atoms with Crippen LogP contribution >= 0.6 is 35.6 Å². The van der Waals surface area contributed by atoms with Gasteiger partial charge in [-0.2, -0.15) is 0 Å². The first-order chi connectivity index (χ1) is 8.76. The van der Waals surface area contributed by atoms with Crippen molar-refractivity contribution >= 4 is 41.5 Å². The molecule has 0 fully saturated rings. The number of hydrogen-bond acceptors (Lipinski definition) is 2. The maximum atomic E-state index is 5.79. The zero-order chi connectivity index (χ0) is 13.2. The van der Waals surface area contributed by atoms with E-state index in [-0.39, 0.29) is 24.0 Å². The van der Waals surface area contributed by atoms with Gasteiger partial charge in [0.05, 0.1) is 6.54 Å². The summed E-state index contributed by atoms with van der Waals surface area (Å²) in [5.41, 5.74) is 0. The van der Waals surface area contributed by atoms with E-state index >= 15 is 0 Å². The molecule has 0 aromatic heterocycles. The van der Waals surface area contributed by atoms with E-state index in [0.717, 1.165) is 24.7 Å². The highest BCUT2D eigenvalue weighted by molar-refractivity contribution is 14.0. The molecule has 0 aliphatic heterocycles. The third-order valence-electron chi connectivity index (χ3n) is 2.24. The number of benzene rings is 1. The molecular weight excluding hydrogens is 377 g/mol. The maximum Gasteiger partial charge on any atom is 0.191 e. The number of nitrogens with zero attached hydrogens (tertiary/aromatic N) is 1. The minimum absolute atomic E-state index is 0. The van der Waals surface area contributed by atoms with E-state index in [2.05, 4.69) is 22.5 Å². The van der Waals surface area contributed by atoms with Crippen molar-refractivity contribution in [3.63, 3.8) is 0 Å². The Bertz CT molecular complexity index is 371. The normalized spacial score (nSPS) is 10.6. The van der Waals surface area contributed by atoms with Gasteiger partial charge in [0.15, 0.2) is 5.96 Å². The highest BCUT2D eigenvalue weighted by atomic mass is 127. The Kier molecular flexibility index (Phi) is 10.8. The molecule has 0 unspecified atom stereocenters. The Morgan fingerprint density at radius 1 is 1.21 bits per heavy atom. The Morgan fingerprint density at radius 3 is 2.42 bits per heavy atom. The van der Waals surface area contributed by atoms with Gasteiger partial charge in [-0.15, -0.1) is 24.0 Å². The summed E-state index contributed by atoms with van der Waals surface area (Å²) in [4.78, 5) is 4.10. The average Bonchev–Trinajstić information content (AvgIpc) is 2.40. The fourth-order valence-electron chi connectivity index (χ4n) is 1.33. The molecule has 0 saturated carbocycles. The van der Waals surface area contributed by atoms with E-state index in [1.165, 1.54) is 0 Å². The first-order valence-electron chi connectivity index (χ1n) is 6.09. The smallest absolute Gasteiger partial charge is 0.191 e. The third kappa shape index (κ3) is 8.15. The van der Waals surface area contributed by atoms with Gasteiger partial charge in [-0.1, -0.05) is 18.5 Å². The number of rotatable bonds is 6. The molecule has 0 aliphatic rings. The number of halogens is 2. The second-order valence-electron chi connectivity index (χ2n) is 3.73. The summed E-state index contributed by atoms with van der Waals surface area (Å²) in [6.07, 6.45) is 1.07. The van der Waals surface area contributed by atoms with Crippen LogP contribution in [0.1, 0.15) is 13.3 Å². The second-order valence-corrected chi connectivity index (χ2v) is 4.16. The average molecular weight is 398 g/mol. The largest absolute Gasteiger partial charge is 0.492 e. The molecule has 1 rings (SSSR count). The van der Waals surface area contributed by atoms with Gasteiger partial charge >= 0.3 is 0 Å². The van der Waals surface area contributed by atoms with Crippen LogP contribution in [0.5, 0.6) is 5.75 Å². The minimum Gasteiger partial charge on any atom is -0.492 e. The van der Waals surface area contributed by atoms with E-state index in [9.17, 15) is 0 Å². The summed E-state index contributed by atoms with van der Waals surface area (Å²) in [6, 6.07) is 7.33. The fraction of sp³-hybridized carbons (Fsp3) is 0.462. The van der Waals surface area contributed by atoms with Crippen molar-refractivity contribution in [2.24, 2.45) is 4.99 Å². The van der Waals surface area contributed by atoms with E-state index < -0.39 is 0 Å². The molecule has 0 spiro atoms. The van der Waals surface area contributed by atoms with Crippen molar-refractivity contribution in [1.82, 2.24) is 10.6 Å². The van der Waals surface area contributed by atoms with Gasteiger partial charge in [-0.3, -0.25) is 4.99 Å². The molecule has 6 heteroatoms. The van der Waals surface area contributed by atoms with E-state index in [4.69, 9.17) is 16.3 Å². The van der Waals surface area contributed by atoms with Crippen molar-refractivity contribution in [1.29, 1.82) is 0 Å². The summed E-state index contributed by atoms with van der Waals surface area (Å²) >= 11 is 5.79. The molecule has 0 saturated heterocycles. The molecular formula is C13H21ClIN3O. The summed E-state index contributed by atoms with van der Waals surface area (Å²) in [7, 11) is 1.76. The van der Waals surface area contributed by atoms with Gasteiger partial charge in [-0.05, 0) is 30.7 Å². The van der Waals surface area contributed by atoms with Crippen LogP contribution in [0.4, 0.5) is 0 Å². The van der Waals surface area contributed by atoms with Crippen LogP contribution in [0.15, 0.2) is 29.3 Å². The lowest BCUT2D eigenvalue weighted by Crippen LogP contribution is -2.39. The van der Waals surface area contributed by atoms with Crippen LogP contribution in [0.3, 0.4) is 0 Å². The molecule has 108 valence electrons. The standard InChI is InChI=1S/C13H20ClN3O.HI/c1-3-8-16-13(15-2)17-9-10-18-12-6-4-11(14)5-7-12;/h4-7H,3,8-10H2,1-2H3,(H2,15,16,17);1H. The van der Waals surface area contributed by atoms with Gasteiger partial charge in [0.25, 0.3) is 0 Å². The Balaban J connectivity index is 0.00000324. The lowest BCUT2D eigenvalue weighted by Gasteiger charge is -2.11. The monoisotopic (exact) mass is 397 g/mol. The summed E-state index contributed by atoms with van der Waals surface area (Å²) in [5, 5.41) is 7.08. The predicted octanol–water partition coefficient (Wildman–Crippen LogP) is 2.91. The topological polar surface area (TPSA) is 45.7 Å². The molecule has 1 aromatic carbocycles. The Morgan fingerprint density at radius 2 is 1.84 bits per heavy atom. The number of nitrogens with one attached hydrogen (secondary N) is 2. The number of hydrogen-bond donors (Lipinski definition) is 2. The van der Waals surface area contributed by atoms with Crippen LogP contribution in [-0.4, -0.2) is 32.7 Å². The molecule has 0 bridgehead atoms. The van der Waals surface area contributed by atoms with Crippen LogP contribution in [0.25, 0.3) is 0 Å². The molecule has 0 atom stereocenters. The van der Waals surface area contributed by atoms with Crippen LogP contribution < -0.4 is 15.4 Å². The molecule has 0 heterocycles. The molecule has 2 N–H and O–H groups in total. The second kappa shape index (κ2) is 11.2. The van der Waals surface area contributed by atoms with Crippen molar-refractivity contribution in [2.45, 2.75) is 13.3 Å².